The van der Waals surface area contributed by atoms with Crippen molar-refractivity contribution in [2.45, 2.75) is 32.7 Å². The number of nitrogens with zero attached hydrogens (tertiary/aromatic N) is 5. The molecule has 3 fully saturated rings. The van der Waals surface area contributed by atoms with E-state index >= 15 is 0 Å². The van der Waals surface area contributed by atoms with Gasteiger partial charge in [0.1, 0.15) is 5.69 Å². The molecule has 3 aliphatic heterocycles. The number of rotatable bonds is 4. The molecule has 2 bridgehead atoms. The zero-order valence-corrected chi connectivity index (χ0v) is 16.0. The quantitative estimate of drug-likeness (QED) is 0.803. The standard InChI is InChI=1S/C19H25N5O3/c1-12-8-17-20-16(9-13(2)24(17)21-12)19(26)22-10-14-4-5-15(11-22)23(18(14)25)6-7-27-3/h8-9,14-15H,4-7,10-11H2,1-3H3/t14-,15+/m0/s1. The molecule has 144 valence electrons. The van der Waals surface area contributed by atoms with Gasteiger partial charge in [-0.2, -0.15) is 5.10 Å². The molecule has 0 saturated carbocycles. The van der Waals surface area contributed by atoms with Crippen LogP contribution in [-0.2, 0) is 9.53 Å². The number of amides is 2. The summed E-state index contributed by atoms with van der Waals surface area (Å²) >= 11 is 0. The Kier molecular flexibility index (Phi) is 4.59. The molecule has 8 heteroatoms. The van der Waals surface area contributed by atoms with Crippen LogP contribution in [0.25, 0.3) is 5.65 Å². The van der Waals surface area contributed by atoms with Gasteiger partial charge in [-0.05, 0) is 32.8 Å². The molecule has 0 aromatic carbocycles. The third-order valence-electron chi connectivity index (χ3n) is 5.56. The van der Waals surface area contributed by atoms with E-state index in [1.807, 2.05) is 24.8 Å². The highest BCUT2D eigenvalue weighted by Gasteiger charge is 2.42. The van der Waals surface area contributed by atoms with E-state index in [0.717, 1.165) is 24.2 Å². The van der Waals surface area contributed by atoms with Crippen molar-refractivity contribution in [3.8, 4) is 0 Å². The van der Waals surface area contributed by atoms with Gasteiger partial charge in [0.05, 0.1) is 18.2 Å². The fourth-order valence-corrected chi connectivity index (χ4v) is 4.20. The van der Waals surface area contributed by atoms with Gasteiger partial charge in [-0.15, -0.1) is 0 Å². The van der Waals surface area contributed by atoms with Crippen LogP contribution in [0.15, 0.2) is 12.1 Å². The van der Waals surface area contributed by atoms with Crippen LogP contribution in [0.3, 0.4) is 0 Å². The van der Waals surface area contributed by atoms with Crippen molar-refractivity contribution in [1.29, 1.82) is 0 Å². The van der Waals surface area contributed by atoms with Crippen LogP contribution >= 0.6 is 0 Å². The van der Waals surface area contributed by atoms with Crippen LogP contribution in [-0.4, -0.2) is 75.6 Å². The zero-order chi connectivity index (χ0) is 19.1. The van der Waals surface area contributed by atoms with Crippen LogP contribution < -0.4 is 0 Å². The SMILES string of the molecule is COCCN1C(=O)[C@H]2CC[C@@H]1CN(C(=O)c1cc(C)n3nc(C)cc3n1)C2. The monoisotopic (exact) mass is 371 g/mol. The van der Waals surface area contributed by atoms with Crippen molar-refractivity contribution in [3.05, 3.63) is 29.2 Å². The molecule has 2 aromatic heterocycles. The first-order chi connectivity index (χ1) is 13.0. The lowest BCUT2D eigenvalue weighted by Gasteiger charge is -2.35. The summed E-state index contributed by atoms with van der Waals surface area (Å²) in [5, 5.41) is 4.39. The van der Waals surface area contributed by atoms with E-state index < -0.39 is 0 Å². The molecule has 0 aliphatic carbocycles. The van der Waals surface area contributed by atoms with Gasteiger partial charge >= 0.3 is 0 Å². The average molecular weight is 371 g/mol. The maximum Gasteiger partial charge on any atom is 0.272 e. The Hall–Kier alpha value is -2.48. The topological polar surface area (TPSA) is 80.0 Å². The number of ether oxygens (including phenoxy) is 1. The Morgan fingerprint density at radius 3 is 2.85 bits per heavy atom. The Bertz CT molecular complexity index is 893. The average Bonchev–Trinajstić information content (AvgIpc) is 2.83. The second kappa shape index (κ2) is 6.92. The normalized spacial score (nSPS) is 22.6. The van der Waals surface area contributed by atoms with Crippen molar-refractivity contribution < 1.29 is 14.3 Å². The number of hydrogen-bond acceptors (Lipinski definition) is 5. The molecule has 3 saturated heterocycles. The first-order valence-corrected chi connectivity index (χ1v) is 9.40. The minimum atomic E-state index is -0.133. The molecule has 5 rings (SSSR count). The fraction of sp³-hybridized carbons (Fsp3) is 0.579. The summed E-state index contributed by atoms with van der Waals surface area (Å²) in [7, 11) is 1.64. The van der Waals surface area contributed by atoms with Gasteiger partial charge in [0.15, 0.2) is 5.65 Å². The second-order valence-electron chi connectivity index (χ2n) is 7.50. The number of aryl methyl sites for hydroxylation is 2. The molecule has 0 N–H and O–H groups in total. The third-order valence-corrected chi connectivity index (χ3v) is 5.56. The smallest absolute Gasteiger partial charge is 0.272 e. The lowest BCUT2D eigenvalue weighted by molar-refractivity contribution is -0.140. The van der Waals surface area contributed by atoms with Gasteiger partial charge in [0.25, 0.3) is 5.91 Å². The Labute approximate surface area is 158 Å². The van der Waals surface area contributed by atoms with E-state index in [4.69, 9.17) is 4.74 Å². The maximum absolute atomic E-state index is 13.2. The fourth-order valence-electron chi connectivity index (χ4n) is 4.20. The molecule has 0 radical (unpaired) electrons. The first kappa shape index (κ1) is 17.9. The number of methoxy groups -OCH3 is 1. The molecule has 0 spiro atoms. The van der Waals surface area contributed by atoms with Gasteiger partial charge in [-0.25, -0.2) is 9.50 Å². The van der Waals surface area contributed by atoms with E-state index in [9.17, 15) is 9.59 Å². The molecule has 27 heavy (non-hydrogen) atoms. The number of fused-ring (bicyclic) bond motifs is 5. The highest BCUT2D eigenvalue weighted by atomic mass is 16.5. The third kappa shape index (κ3) is 3.18. The number of piperidine rings is 1. The van der Waals surface area contributed by atoms with E-state index in [-0.39, 0.29) is 23.8 Å². The molecule has 3 aliphatic rings. The molecule has 2 aromatic rings. The predicted octanol–water partition coefficient (Wildman–Crippen LogP) is 1.06. The zero-order valence-electron chi connectivity index (χ0n) is 16.0. The van der Waals surface area contributed by atoms with Crippen molar-refractivity contribution >= 4 is 17.5 Å². The molecular weight excluding hydrogens is 346 g/mol. The lowest BCUT2D eigenvalue weighted by atomic mass is 9.94. The molecular formula is C19H25N5O3. The van der Waals surface area contributed by atoms with E-state index in [1.165, 1.54) is 0 Å². The Balaban J connectivity index is 1.60. The van der Waals surface area contributed by atoms with Gasteiger partial charge in [-0.3, -0.25) is 9.59 Å². The summed E-state index contributed by atoms with van der Waals surface area (Å²) in [6.45, 7) is 5.93. The summed E-state index contributed by atoms with van der Waals surface area (Å²) in [6, 6.07) is 3.70. The molecule has 2 amide bonds. The summed E-state index contributed by atoms with van der Waals surface area (Å²) in [6.07, 6.45) is 1.77. The first-order valence-electron chi connectivity index (χ1n) is 9.40. The second-order valence-corrected chi connectivity index (χ2v) is 7.50. The van der Waals surface area contributed by atoms with E-state index in [0.29, 0.717) is 37.6 Å². The van der Waals surface area contributed by atoms with Crippen LogP contribution in [0, 0.1) is 19.8 Å². The largest absolute Gasteiger partial charge is 0.383 e. The number of carbonyl (C=O) groups excluding carboxylic acids is 2. The van der Waals surface area contributed by atoms with E-state index in [1.54, 1.807) is 22.6 Å². The van der Waals surface area contributed by atoms with Crippen LogP contribution in [0.5, 0.6) is 0 Å². The van der Waals surface area contributed by atoms with Crippen molar-refractivity contribution in [2.75, 3.05) is 33.4 Å². The molecule has 8 nitrogen and oxygen atoms in total. The van der Waals surface area contributed by atoms with Crippen molar-refractivity contribution in [3.63, 3.8) is 0 Å². The van der Waals surface area contributed by atoms with Gasteiger partial charge in [-0.1, -0.05) is 0 Å². The predicted molar refractivity (Wildman–Crippen MR) is 98.5 cm³/mol. The van der Waals surface area contributed by atoms with Gasteiger partial charge < -0.3 is 14.5 Å². The summed E-state index contributed by atoms with van der Waals surface area (Å²) in [4.78, 5) is 34.1. The molecule has 0 unspecified atom stereocenters. The highest BCUT2D eigenvalue weighted by Crippen LogP contribution is 2.29. The number of hydrogen-bond donors (Lipinski definition) is 0. The highest BCUT2D eigenvalue weighted by molar-refractivity contribution is 5.94. The van der Waals surface area contributed by atoms with Gasteiger partial charge in [0.2, 0.25) is 5.91 Å². The van der Waals surface area contributed by atoms with E-state index in [2.05, 4.69) is 10.1 Å². The van der Waals surface area contributed by atoms with Crippen LogP contribution in [0.4, 0.5) is 0 Å². The minimum Gasteiger partial charge on any atom is -0.383 e. The number of aromatic nitrogens is 3. The Morgan fingerprint density at radius 2 is 2.07 bits per heavy atom. The molecule has 5 heterocycles. The van der Waals surface area contributed by atoms with Crippen molar-refractivity contribution in [1.82, 2.24) is 24.4 Å². The van der Waals surface area contributed by atoms with Gasteiger partial charge in [0, 0.05) is 44.5 Å². The van der Waals surface area contributed by atoms with Crippen LogP contribution in [0.1, 0.15) is 34.7 Å². The summed E-state index contributed by atoms with van der Waals surface area (Å²) < 4.78 is 6.89. The lowest BCUT2D eigenvalue weighted by Crippen LogP contribution is -2.49. The number of carbonyl (C=O) groups is 2. The Morgan fingerprint density at radius 1 is 1.26 bits per heavy atom. The summed E-state index contributed by atoms with van der Waals surface area (Å²) in [5.74, 6) is -0.103. The van der Waals surface area contributed by atoms with Crippen LogP contribution in [0.2, 0.25) is 0 Å². The minimum absolute atomic E-state index is 0.0531. The molecule has 2 atom stereocenters. The summed E-state index contributed by atoms with van der Waals surface area (Å²) in [5.41, 5.74) is 2.82. The maximum atomic E-state index is 13.2. The van der Waals surface area contributed by atoms with Crippen molar-refractivity contribution in [2.24, 2.45) is 5.92 Å².